The van der Waals surface area contributed by atoms with E-state index in [0.717, 1.165) is 78.9 Å². The van der Waals surface area contributed by atoms with Gasteiger partial charge in [-0.2, -0.15) is 0 Å². The molecule has 1 aliphatic carbocycles. The topological polar surface area (TPSA) is 82.6 Å². The molecule has 1 amide bonds. The highest BCUT2D eigenvalue weighted by Gasteiger charge is 2.30. The van der Waals surface area contributed by atoms with Crippen LogP contribution in [0, 0.1) is 12.8 Å². The van der Waals surface area contributed by atoms with Gasteiger partial charge in [-0.05, 0) is 76.9 Å². The summed E-state index contributed by atoms with van der Waals surface area (Å²) in [7, 11) is 5.89. The molecule has 2 aliphatic rings. The number of para-hydroxylation sites is 1. The highest BCUT2D eigenvalue weighted by molar-refractivity contribution is 5.93. The van der Waals surface area contributed by atoms with Gasteiger partial charge in [-0.15, -0.1) is 0 Å². The van der Waals surface area contributed by atoms with Crippen molar-refractivity contribution in [1.82, 2.24) is 14.5 Å². The lowest BCUT2D eigenvalue weighted by Gasteiger charge is -2.29. The molecule has 2 fully saturated rings. The van der Waals surface area contributed by atoms with Crippen LogP contribution in [0.15, 0.2) is 41.2 Å². The fraction of sp³-hybridized carbons (Fsp3) is 0.500. The lowest BCUT2D eigenvalue weighted by Crippen LogP contribution is -2.31. The van der Waals surface area contributed by atoms with Gasteiger partial charge in [0.05, 0.1) is 23.8 Å². The Morgan fingerprint density at radius 1 is 1.11 bits per heavy atom. The normalized spacial score (nSPS) is 22.4. The van der Waals surface area contributed by atoms with E-state index in [1.54, 1.807) is 7.11 Å². The molecule has 8 heteroatoms. The van der Waals surface area contributed by atoms with Crippen LogP contribution in [-0.2, 0) is 4.79 Å². The minimum absolute atomic E-state index is 0.0393. The number of anilines is 2. The number of carbonyl (C=O) groups is 1. The van der Waals surface area contributed by atoms with Crippen molar-refractivity contribution < 1.29 is 9.53 Å². The highest BCUT2D eigenvalue weighted by atomic mass is 16.5. The SMILES string of the molecule is COc1cc(NC(=O)C2CCC(n3c(=O)[nH]c4c(N5CC[C@H](N(C)C)C5)cccc43)CC2)ccc1C. The van der Waals surface area contributed by atoms with Gasteiger partial charge in [-0.25, -0.2) is 4.79 Å². The Bertz CT molecular complexity index is 1300. The van der Waals surface area contributed by atoms with Crippen LogP contribution in [0.3, 0.4) is 0 Å². The summed E-state index contributed by atoms with van der Waals surface area (Å²) >= 11 is 0. The van der Waals surface area contributed by atoms with Crippen molar-refractivity contribution >= 4 is 28.3 Å². The molecule has 1 aliphatic heterocycles. The maximum Gasteiger partial charge on any atom is 0.326 e. The molecule has 2 N–H and O–H groups in total. The molecule has 2 heterocycles. The Morgan fingerprint density at radius 3 is 2.58 bits per heavy atom. The zero-order valence-electron chi connectivity index (χ0n) is 21.7. The Morgan fingerprint density at radius 2 is 1.89 bits per heavy atom. The Hall–Kier alpha value is -3.26. The van der Waals surface area contributed by atoms with E-state index in [2.05, 4.69) is 46.3 Å². The zero-order valence-corrected chi connectivity index (χ0v) is 21.7. The zero-order chi connectivity index (χ0) is 25.4. The second-order valence-corrected chi connectivity index (χ2v) is 10.5. The maximum atomic E-state index is 13.1. The molecule has 0 bridgehead atoms. The molecular formula is C28H37N5O3. The van der Waals surface area contributed by atoms with E-state index in [1.165, 1.54) is 0 Å². The molecule has 1 aromatic heterocycles. The Kier molecular flexibility index (Phi) is 6.79. The van der Waals surface area contributed by atoms with Crippen molar-refractivity contribution in [3.63, 3.8) is 0 Å². The molecule has 2 aromatic carbocycles. The minimum Gasteiger partial charge on any atom is -0.496 e. The first kappa shape index (κ1) is 24.4. The predicted octanol–water partition coefficient (Wildman–Crippen LogP) is 4.16. The van der Waals surface area contributed by atoms with Crippen molar-refractivity contribution in [2.75, 3.05) is 44.5 Å². The highest BCUT2D eigenvalue weighted by Crippen LogP contribution is 2.36. The molecule has 8 nitrogen and oxygen atoms in total. The number of amides is 1. The van der Waals surface area contributed by atoms with E-state index in [1.807, 2.05) is 35.8 Å². The van der Waals surface area contributed by atoms with E-state index >= 15 is 0 Å². The fourth-order valence-electron chi connectivity index (χ4n) is 5.88. The number of likely N-dealkylation sites (N-methyl/N-ethyl adjacent to an activating group) is 1. The smallest absolute Gasteiger partial charge is 0.326 e. The Labute approximate surface area is 212 Å². The van der Waals surface area contributed by atoms with Crippen LogP contribution >= 0.6 is 0 Å². The molecule has 192 valence electrons. The summed E-state index contributed by atoms with van der Waals surface area (Å²) < 4.78 is 7.31. The number of methoxy groups -OCH3 is 1. The maximum absolute atomic E-state index is 13.1. The van der Waals surface area contributed by atoms with Gasteiger partial charge in [-0.3, -0.25) is 9.36 Å². The van der Waals surface area contributed by atoms with E-state index in [4.69, 9.17) is 4.74 Å². The van der Waals surface area contributed by atoms with Crippen LogP contribution in [0.5, 0.6) is 5.75 Å². The van der Waals surface area contributed by atoms with Gasteiger partial charge in [0.1, 0.15) is 5.75 Å². The number of hydrogen-bond donors (Lipinski definition) is 2. The molecule has 1 atom stereocenters. The predicted molar refractivity (Wildman–Crippen MR) is 144 cm³/mol. The number of rotatable bonds is 6. The molecule has 0 radical (unpaired) electrons. The lowest BCUT2D eigenvalue weighted by atomic mass is 9.85. The summed E-state index contributed by atoms with van der Waals surface area (Å²) in [4.78, 5) is 33.9. The van der Waals surface area contributed by atoms with Crippen LogP contribution in [-0.4, -0.2) is 60.7 Å². The summed E-state index contributed by atoms with van der Waals surface area (Å²) in [6, 6.07) is 12.6. The first-order chi connectivity index (χ1) is 17.4. The summed E-state index contributed by atoms with van der Waals surface area (Å²) in [6.07, 6.45) is 4.25. The molecule has 0 unspecified atom stereocenters. The van der Waals surface area contributed by atoms with Gasteiger partial charge in [0.2, 0.25) is 5.91 Å². The molecule has 1 saturated heterocycles. The lowest BCUT2D eigenvalue weighted by molar-refractivity contribution is -0.121. The second-order valence-electron chi connectivity index (χ2n) is 10.5. The quantitative estimate of drug-likeness (QED) is 0.541. The van der Waals surface area contributed by atoms with Crippen LogP contribution in [0.4, 0.5) is 11.4 Å². The average Bonchev–Trinajstić information content (AvgIpc) is 3.49. The summed E-state index contributed by atoms with van der Waals surface area (Å²) in [5.74, 6) is 0.746. The van der Waals surface area contributed by atoms with Gasteiger partial charge in [0.15, 0.2) is 0 Å². The third-order valence-corrected chi connectivity index (χ3v) is 8.07. The van der Waals surface area contributed by atoms with Crippen molar-refractivity contribution in [1.29, 1.82) is 0 Å². The number of nitrogens with one attached hydrogen (secondary N) is 2. The number of ether oxygens (including phenoxy) is 1. The summed E-state index contributed by atoms with van der Waals surface area (Å²) in [6.45, 7) is 3.93. The number of H-pyrrole nitrogens is 1. The van der Waals surface area contributed by atoms with Crippen LogP contribution in [0.25, 0.3) is 11.0 Å². The average molecular weight is 492 g/mol. The van der Waals surface area contributed by atoms with E-state index in [0.29, 0.717) is 6.04 Å². The van der Waals surface area contributed by atoms with Crippen molar-refractivity contribution in [2.24, 2.45) is 5.92 Å². The van der Waals surface area contributed by atoms with Crippen molar-refractivity contribution in [3.8, 4) is 5.75 Å². The van der Waals surface area contributed by atoms with Crippen molar-refractivity contribution in [3.05, 3.63) is 52.4 Å². The monoisotopic (exact) mass is 491 g/mol. The van der Waals surface area contributed by atoms with Gasteiger partial charge >= 0.3 is 5.69 Å². The third-order valence-electron chi connectivity index (χ3n) is 8.07. The van der Waals surface area contributed by atoms with E-state index in [9.17, 15) is 9.59 Å². The number of hydrogen-bond acceptors (Lipinski definition) is 5. The van der Waals surface area contributed by atoms with E-state index < -0.39 is 0 Å². The van der Waals surface area contributed by atoms with Gasteiger partial charge in [0.25, 0.3) is 0 Å². The number of nitrogens with zero attached hydrogens (tertiary/aromatic N) is 3. The number of aromatic nitrogens is 2. The number of carbonyl (C=O) groups excluding carboxylic acids is 1. The molecular weight excluding hydrogens is 454 g/mol. The molecule has 36 heavy (non-hydrogen) atoms. The van der Waals surface area contributed by atoms with Crippen molar-refractivity contribution in [2.45, 2.75) is 51.1 Å². The third kappa shape index (κ3) is 4.62. The van der Waals surface area contributed by atoms with Crippen LogP contribution in [0.1, 0.15) is 43.7 Å². The fourth-order valence-corrected chi connectivity index (χ4v) is 5.88. The second kappa shape index (κ2) is 10.0. The van der Waals surface area contributed by atoms with Crippen LogP contribution < -0.4 is 20.6 Å². The molecule has 1 saturated carbocycles. The molecule has 0 spiro atoms. The number of benzene rings is 2. The van der Waals surface area contributed by atoms with E-state index in [-0.39, 0.29) is 23.6 Å². The van der Waals surface area contributed by atoms with Gasteiger partial charge in [0, 0.05) is 42.8 Å². The van der Waals surface area contributed by atoms with Gasteiger partial charge in [-0.1, -0.05) is 12.1 Å². The molecule has 3 aromatic rings. The number of aromatic amines is 1. The molecule has 5 rings (SSSR count). The number of fused-ring (bicyclic) bond motifs is 1. The minimum atomic E-state index is -0.0578. The number of aryl methyl sites for hydroxylation is 1. The summed E-state index contributed by atoms with van der Waals surface area (Å²) in [5.41, 5.74) is 4.73. The standard InChI is InChI=1S/C28H37N5O3/c1-18-8-11-20(16-25(18)36-4)29-27(34)19-9-12-21(13-10-19)33-24-7-5-6-23(26(24)30-28(33)35)32-15-14-22(17-32)31(2)3/h5-8,11,16,19,21-22H,9-10,12-15,17H2,1-4H3,(H,29,34)(H,30,35)/t19?,21?,22-/m0/s1. The largest absolute Gasteiger partial charge is 0.496 e. The van der Waals surface area contributed by atoms with Crippen LogP contribution in [0.2, 0.25) is 0 Å². The van der Waals surface area contributed by atoms with Gasteiger partial charge < -0.3 is 24.8 Å². The first-order valence-corrected chi connectivity index (χ1v) is 13.0. The number of imidazole rings is 1. The first-order valence-electron chi connectivity index (χ1n) is 13.0. The Balaban J connectivity index is 1.29. The summed E-state index contributed by atoms with van der Waals surface area (Å²) in [5, 5.41) is 3.05.